The monoisotopic (exact) mass is 511 g/mol. The summed E-state index contributed by atoms with van der Waals surface area (Å²) >= 11 is 12.4. The van der Waals surface area contributed by atoms with Crippen LogP contribution in [0.25, 0.3) is 10.2 Å². The maximum atomic E-state index is 13.1. The smallest absolute Gasteiger partial charge is 0.263 e. The lowest BCUT2D eigenvalue weighted by molar-refractivity contribution is -0.113. The molecular weight excluding hydrogens is 494 g/mol. The van der Waals surface area contributed by atoms with Gasteiger partial charge in [-0.1, -0.05) is 39.3 Å². The van der Waals surface area contributed by atoms with E-state index in [1.54, 1.807) is 28.0 Å². The molecule has 0 aliphatic heterocycles. The molecule has 1 aliphatic rings. The lowest BCUT2D eigenvalue weighted by atomic mass is 9.97. The largest absolute Gasteiger partial charge is 0.324 e. The van der Waals surface area contributed by atoms with Gasteiger partial charge in [-0.05, 0) is 56.4 Å². The van der Waals surface area contributed by atoms with E-state index in [2.05, 4.69) is 21.2 Å². The molecule has 4 rings (SSSR count). The number of aromatic nitrogens is 2. The third-order valence-corrected chi connectivity index (χ3v) is 7.86. The summed E-state index contributed by atoms with van der Waals surface area (Å²) in [5, 5.41) is 4.64. The van der Waals surface area contributed by atoms with Crippen LogP contribution in [0.4, 0.5) is 5.69 Å². The number of thioether (sulfide) groups is 1. The van der Waals surface area contributed by atoms with Crippen LogP contribution in [0.15, 0.2) is 32.6 Å². The maximum absolute atomic E-state index is 13.1. The maximum Gasteiger partial charge on any atom is 0.263 e. The van der Waals surface area contributed by atoms with Crippen molar-refractivity contribution in [2.75, 3.05) is 11.1 Å². The van der Waals surface area contributed by atoms with Gasteiger partial charge in [-0.15, -0.1) is 11.3 Å². The molecule has 0 spiro atoms. The summed E-state index contributed by atoms with van der Waals surface area (Å²) in [4.78, 5) is 32.4. The van der Waals surface area contributed by atoms with Gasteiger partial charge in [0.25, 0.3) is 5.56 Å². The molecule has 2 aromatic heterocycles. The van der Waals surface area contributed by atoms with Crippen LogP contribution >= 0.6 is 50.6 Å². The Labute approximate surface area is 190 Å². The fraction of sp³-hybridized carbons (Fsp3) is 0.350. The van der Waals surface area contributed by atoms with E-state index >= 15 is 0 Å². The Kier molecular flexibility index (Phi) is 6.34. The Morgan fingerprint density at radius 3 is 2.93 bits per heavy atom. The normalized spacial score (nSPS) is 13.5. The highest BCUT2D eigenvalue weighted by atomic mass is 79.9. The van der Waals surface area contributed by atoms with Gasteiger partial charge >= 0.3 is 0 Å². The van der Waals surface area contributed by atoms with Gasteiger partial charge < -0.3 is 5.32 Å². The minimum Gasteiger partial charge on any atom is -0.324 e. The predicted molar refractivity (Wildman–Crippen MR) is 125 cm³/mol. The van der Waals surface area contributed by atoms with Crippen molar-refractivity contribution in [1.82, 2.24) is 9.55 Å². The number of nitrogens with one attached hydrogen (secondary N) is 1. The second-order valence-corrected chi connectivity index (χ2v) is 10.1. The minimum atomic E-state index is -0.193. The van der Waals surface area contributed by atoms with Crippen LogP contribution in [0.3, 0.4) is 0 Å². The average molecular weight is 513 g/mol. The van der Waals surface area contributed by atoms with Crippen molar-refractivity contribution in [3.8, 4) is 0 Å². The molecule has 1 amide bonds. The quantitative estimate of drug-likeness (QED) is 0.362. The molecular formula is C20H19BrClN3O2S2. The van der Waals surface area contributed by atoms with Crippen molar-refractivity contribution in [3.63, 3.8) is 0 Å². The molecule has 0 fully saturated rings. The molecule has 1 aromatic carbocycles. The number of anilines is 1. The average Bonchev–Trinajstić information content (AvgIpc) is 3.07. The van der Waals surface area contributed by atoms with Gasteiger partial charge in [0.15, 0.2) is 5.16 Å². The van der Waals surface area contributed by atoms with Gasteiger partial charge in [-0.2, -0.15) is 0 Å². The molecule has 1 N–H and O–H groups in total. The van der Waals surface area contributed by atoms with Crippen molar-refractivity contribution in [3.05, 3.63) is 48.5 Å². The van der Waals surface area contributed by atoms with Crippen molar-refractivity contribution in [2.24, 2.45) is 0 Å². The van der Waals surface area contributed by atoms with E-state index < -0.39 is 0 Å². The molecule has 0 saturated carbocycles. The fourth-order valence-electron chi connectivity index (χ4n) is 3.52. The van der Waals surface area contributed by atoms with Crippen LogP contribution < -0.4 is 10.9 Å². The summed E-state index contributed by atoms with van der Waals surface area (Å²) in [6.45, 7) is 2.45. The topological polar surface area (TPSA) is 64.0 Å². The van der Waals surface area contributed by atoms with Gasteiger partial charge in [0.1, 0.15) is 4.83 Å². The van der Waals surface area contributed by atoms with E-state index in [0.29, 0.717) is 22.4 Å². The molecule has 9 heteroatoms. The van der Waals surface area contributed by atoms with Crippen LogP contribution in [0.5, 0.6) is 0 Å². The van der Waals surface area contributed by atoms with Crippen molar-refractivity contribution in [1.29, 1.82) is 0 Å². The number of hydrogen-bond acceptors (Lipinski definition) is 5. The molecule has 29 heavy (non-hydrogen) atoms. The zero-order chi connectivity index (χ0) is 20.5. The fourth-order valence-corrected chi connectivity index (χ4v) is 6.40. The molecule has 5 nitrogen and oxygen atoms in total. The first-order chi connectivity index (χ1) is 14.0. The highest BCUT2D eigenvalue weighted by Crippen LogP contribution is 2.34. The van der Waals surface area contributed by atoms with Gasteiger partial charge in [0.05, 0.1) is 21.8 Å². The van der Waals surface area contributed by atoms with Crippen molar-refractivity contribution < 1.29 is 4.79 Å². The molecule has 0 unspecified atom stereocenters. The highest BCUT2D eigenvalue weighted by Gasteiger charge is 2.22. The Balaban J connectivity index is 1.57. The van der Waals surface area contributed by atoms with Crippen molar-refractivity contribution >= 4 is 72.4 Å². The third-order valence-electron chi connectivity index (χ3n) is 4.89. The van der Waals surface area contributed by atoms with Crippen LogP contribution in [0.1, 0.15) is 30.2 Å². The van der Waals surface area contributed by atoms with E-state index in [1.807, 2.05) is 13.0 Å². The number of carbonyl (C=O) groups excluding carboxylic acids is 1. The van der Waals surface area contributed by atoms with E-state index in [1.165, 1.54) is 28.6 Å². The number of aryl methyl sites for hydroxylation is 2. The number of benzene rings is 1. The van der Waals surface area contributed by atoms with Crippen LogP contribution in [0.2, 0.25) is 5.02 Å². The number of nitrogens with zero attached hydrogens (tertiary/aromatic N) is 2. The first kappa shape index (κ1) is 20.9. The second kappa shape index (κ2) is 8.79. The molecule has 1 aliphatic carbocycles. The first-order valence-electron chi connectivity index (χ1n) is 9.40. The van der Waals surface area contributed by atoms with Gasteiger partial charge in [-0.25, -0.2) is 4.98 Å². The summed E-state index contributed by atoms with van der Waals surface area (Å²) in [7, 11) is 0. The number of carbonyl (C=O) groups is 1. The SMILES string of the molecule is CCn1c(SCC(=O)Nc2ccc(Br)cc2Cl)nc2sc3c(c2c1=O)CCCC3. The molecule has 2 heterocycles. The summed E-state index contributed by atoms with van der Waals surface area (Å²) < 4.78 is 2.52. The Hall–Kier alpha value is -1.35. The molecule has 0 bridgehead atoms. The van der Waals surface area contributed by atoms with Gasteiger partial charge in [0.2, 0.25) is 5.91 Å². The lowest BCUT2D eigenvalue weighted by Crippen LogP contribution is -2.24. The number of thiophene rings is 1. The lowest BCUT2D eigenvalue weighted by Gasteiger charge is -2.12. The van der Waals surface area contributed by atoms with Crippen LogP contribution in [-0.2, 0) is 24.2 Å². The summed E-state index contributed by atoms with van der Waals surface area (Å²) in [6, 6.07) is 5.29. The Bertz CT molecular complexity index is 1160. The molecule has 3 aromatic rings. The number of amides is 1. The first-order valence-corrected chi connectivity index (χ1v) is 12.4. The summed E-state index contributed by atoms with van der Waals surface area (Å²) in [6.07, 6.45) is 4.28. The van der Waals surface area contributed by atoms with E-state index in [-0.39, 0.29) is 17.2 Å². The number of fused-ring (bicyclic) bond motifs is 3. The zero-order valence-electron chi connectivity index (χ0n) is 15.8. The van der Waals surface area contributed by atoms with Crippen LogP contribution in [0, 0.1) is 0 Å². The Morgan fingerprint density at radius 1 is 1.38 bits per heavy atom. The van der Waals surface area contributed by atoms with Gasteiger partial charge in [0, 0.05) is 15.9 Å². The second-order valence-electron chi connectivity index (χ2n) is 6.80. The third kappa shape index (κ3) is 4.26. The highest BCUT2D eigenvalue weighted by molar-refractivity contribution is 9.10. The standard InChI is InChI=1S/C20H19BrClN3O2S2/c1-2-25-19(27)17-12-5-3-4-6-15(12)29-18(17)24-20(25)28-10-16(26)23-14-8-7-11(21)9-13(14)22/h7-9H,2-6,10H2,1H3,(H,23,26). The number of hydrogen-bond donors (Lipinski definition) is 1. The molecule has 152 valence electrons. The van der Waals surface area contributed by atoms with Crippen LogP contribution in [-0.4, -0.2) is 21.2 Å². The summed E-state index contributed by atoms with van der Waals surface area (Å²) in [5.74, 6) is -0.0446. The number of rotatable bonds is 5. The minimum absolute atomic E-state index is 0.00996. The van der Waals surface area contributed by atoms with E-state index in [4.69, 9.17) is 16.6 Å². The summed E-state index contributed by atoms with van der Waals surface area (Å²) in [5.41, 5.74) is 1.76. The number of halogens is 2. The predicted octanol–water partition coefficient (Wildman–Crippen LogP) is 5.50. The zero-order valence-corrected chi connectivity index (χ0v) is 19.7. The molecule has 0 radical (unpaired) electrons. The van der Waals surface area contributed by atoms with Gasteiger partial charge in [-0.3, -0.25) is 14.2 Å². The van der Waals surface area contributed by atoms with Crippen molar-refractivity contribution in [2.45, 2.75) is 44.3 Å². The Morgan fingerprint density at radius 2 is 2.17 bits per heavy atom. The van der Waals surface area contributed by atoms with E-state index in [0.717, 1.165) is 34.0 Å². The molecule has 0 saturated heterocycles. The van der Waals surface area contributed by atoms with E-state index in [9.17, 15) is 9.59 Å². The molecule has 0 atom stereocenters.